The van der Waals surface area contributed by atoms with Crippen LogP contribution in [-0.4, -0.2) is 9.55 Å². The van der Waals surface area contributed by atoms with Crippen LogP contribution in [0.15, 0.2) is 53.5 Å². The van der Waals surface area contributed by atoms with Gasteiger partial charge in [-0.1, -0.05) is 23.6 Å². The molecular formula is C16H11ClN2O. The van der Waals surface area contributed by atoms with E-state index in [0.29, 0.717) is 10.7 Å². The molecule has 0 atom stereocenters. The number of aryl methyl sites for hydroxylation is 1. The average Bonchev–Trinajstić information content (AvgIpc) is 3.05. The zero-order valence-electron chi connectivity index (χ0n) is 10.8. The van der Waals surface area contributed by atoms with Crippen LogP contribution in [-0.2, 0) is 0 Å². The average molecular weight is 283 g/mol. The number of nitrogens with zero attached hydrogens (tertiary/aromatic N) is 2. The van der Waals surface area contributed by atoms with Crippen LogP contribution in [0, 0.1) is 18.8 Å². The van der Waals surface area contributed by atoms with Gasteiger partial charge in [-0.2, -0.15) is 0 Å². The lowest BCUT2D eigenvalue weighted by atomic mass is 10.2. The van der Waals surface area contributed by atoms with Crippen LogP contribution in [0.2, 0.25) is 5.02 Å². The van der Waals surface area contributed by atoms with Crippen molar-refractivity contribution in [1.82, 2.24) is 9.55 Å². The Morgan fingerprint density at radius 1 is 1.25 bits per heavy atom. The van der Waals surface area contributed by atoms with Crippen molar-refractivity contribution >= 4 is 11.6 Å². The molecule has 0 aliphatic heterocycles. The smallest absolute Gasteiger partial charge is 0.132 e. The Balaban J connectivity index is 1.92. The largest absolute Gasteiger partial charge is 0.470 e. The Bertz CT molecular complexity index is 791. The van der Waals surface area contributed by atoms with Crippen LogP contribution in [0.25, 0.3) is 5.69 Å². The zero-order valence-corrected chi connectivity index (χ0v) is 11.6. The highest BCUT2D eigenvalue weighted by Crippen LogP contribution is 2.13. The topological polar surface area (TPSA) is 31.0 Å². The fraction of sp³-hybridized carbons (Fsp3) is 0.0625. The highest BCUT2D eigenvalue weighted by atomic mass is 35.5. The summed E-state index contributed by atoms with van der Waals surface area (Å²) in [6.07, 6.45) is 5.19. The lowest BCUT2D eigenvalue weighted by Crippen LogP contribution is -1.92. The van der Waals surface area contributed by atoms with Gasteiger partial charge in [-0.25, -0.2) is 4.98 Å². The van der Waals surface area contributed by atoms with Gasteiger partial charge in [0.05, 0.1) is 12.0 Å². The van der Waals surface area contributed by atoms with E-state index < -0.39 is 0 Å². The van der Waals surface area contributed by atoms with Crippen LogP contribution in [0.3, 0.4) is 0 Å². The third-order valence-corrected chi connectivity index (χ3v) is 3.06. The SMILES string of the molecule is Cc1nc(C#Cc2cccc(Cl)c2)cn1-c1ccoc1. The molecule has 0 saturated heterocycles. The number of halogens is 1. The van der Waals surface area contributed by atoms with Crippen LogP contribution in [0.4, 0.5) is 0 Å². The third kappa shape index (κ3) is 2.61. The maximum Gasteiger partial charge on any atom is 0.132 e. The second-order valence-corrected chi connectivity index (χ2v) is 4.72. The highest BCUT2D eigenvalue weighted by Gasteiger charge is 2.04. The first kappa shape index (κ1) is 12.6. The van der Waals surface area contributed by atoms with Gasteiger partial charge in [0.1, 0.15) is 17.8 Å². The van der Waals surface area contributed by atoms with Crippen molar-refractivity contribution in [2.24, 2.45) is 0 Å². The number of benzene rings is 1. The van der Waals surface area contributed by atoms with Gasteiger partial charge < -0.3 is 4.42 Å². The number of hydrogen-bond donors (Lipinski definition) is 0. The molecule has 3 rings (SSSR count). The Hall–Kier alpha value is -2.44. The predicted molar refractivity (Wildman–Crippen MR) is 78.0 cm³/mol. The van der Waals surface area contributed by atoms with Gasteiger partial charge in [0.2, 0.25) is 0 Å². The van der Waals surface area contributed by atoms with E-state index in [9.17, 15) is 0 Å². The maximum atomic E-state index is 5.93. The van der Waals surface area contributed by atoms with E-state index in [2.05, 4.69) is 16.8 Å². The summed E-state index contributed by atoms with van der Waals surface area (Å²) in [5, 5.41) is 0.678. The van der Waals surface area contributed by atoms with Crippen LogP contribution < -0.4 is 0 Å². The second kappa shape index (κ2) is 5.28. The molecule has 0 spiro atoms. The summed E-state index contributed by atoms with van der Waals surface area (Å²) in [5.41, 5.74) is 2.52. The molecule has 0 amide bonds. The monoisotopic (exact) mass is 282 g/mol. The van der Waals surface area contributed by atoms with Gasteiger partial charge in [0.25, 0.3) is 0 Å². The lowest BCUT2D eigenvalue weighted by molar-refractivity contribution is 0.565. The molecule has 2 heterocycles. The van der Waals surface area contributed by atoms with E-state index in [1.165, 1.54) is 0 Å². The number of aromatic nitrogens is 2. The quantitative estimate of drug-likeness (QED) is 0.635. The first-order valence-electron chi connectivity index (χ1n) is 6.08. The summed E-state index contributed by atoms with van der Waals surface area (Å²) < 4.78 is 7.01. The van der Waals surface area contributed by atoms with Crippen LogP contribution in [0.5, 0.6) is 0 Å². The van der Waals surface area contributed by atoms with Crippen molar-refractivity contribution in [2.75, 3.05) is 0 Å². The number of imidazole rings is 1. The Labute approximate surface area is 121 Å². The molecule has 0 saturated carbocycles. The molecule has 98 valence electrons. The summed E-state index contributed by atoms with van der Waals surface area (Å²) in [6, 6.07) is 9.32. The molecule has 0 radical (unpaired) electrons. The summed E-state index contributed by atoms with van der Waals surface area (Å²) in [7, 11) is 0. The molecule has 0 N–H and O–H groups in total. The second-order valence-electron chi connectivity index (χ2n) is 4.29. The fourth-order valence-electron chi connectivity index (χ4n) is 1.89. The van der Waals surface area contributed by atoms with Gasteiger partial charge >= 0.3 is 0 Å². The summed E-state index contributed by atoms with van der Waals surface area (Å²) in [5.74, 6) is 6.96. The minimum atomic E-state index is 0.678. The van der Waals surface area contributed by atoms with Gasteiger partial charge in [-0.15, -0.1) is 0 Å². The molecule has 0 fully saturated rings. The van der Waals surface area contributed by atoms with Crippen molar-refractivity contribution in [3.63, 3.8) is 0 Å². The van der Waals surface area contributed by atoms with Crippen molar-refractivity contribution < 1.29 is 4.42 Å². The lowest BCUT2D eigenvalue weighted by Gasteiger charge is -1.97. The highest BCUT2D eigenvalue weighted by molar-refractivity contribution is 6.30. The molecular weight excluding hydrogens is 272 g/mol. The molecule has 4 heteroatoms. The first-order chi connectivity index (χ1) is 9.72. The van der Waals surface area contributed by atoms with Gasteiger partial charge in [0.15, 0.2) is 0 Å². The first-order valence-corrected chi connectivity index (χ1v) is 6.46. The van der Waals surface area contributed by atoms with E-state index in [-0.39, 0.29) is 0 Å². The normalized spacial score (nSPS) is 10.1. The van der Waals surface area contributed by atoms with Crippen molar-refractivity contribution in [1.29, 1.82) is 0 Å². The molecule has 0 aliphatic rings. The van der Waals surface area contributed by atoms with Gasteiger partial charge in [0, 0.05) is 22.8 Å². The summed E-state index contributed by atoms with van der Waals surface area (Å²) >= 11 is 5.93. The fourth-order valence-corrected chi connectivity index (χ4v) is 2.08. The van der Waals surface area contributed by atoms with Gasteiger partial charge in [-0.05, 0) is 31.0 Å². The standard InChI is InChI=1S/C16H11ClN2O/c1-12-18-15(10-19(12)16-7-8-20-11-16)6-5-13-3-2-4-14(17)9-13/h2-4,7-11H,1H3. The summed E-state index contributed by atoms with van der Waals surface area (Å²) in [6.45, 7) is 1.93. The van der Waals surface area contributed by atoms with Gasteiger partial charge in [-0.3, -0.25) is 4.57 Å². The number of rotatable bonds is 1. The third-order valence-electron chi connectivity index (χ3n) is 2.83. The maximum absolute atomic E-state index is 5.93. The Kier molecular flexibility index (Phi) is 3.32. The Morgan fingerprint density at radius 3 is 2.90 bits per heavy atom. The molecule has 1 aromatic carbocycles. The molecule has 3 nitrogen and oxygen atoms in total. The van der Waals surface area contributed by atoms with E-state index >= 15 is 0 Å². The Morgan fingerprint density at radius 2 is 2.15 bits per heavy atom. The minimum Gasteiger partial charge on any atom is -0.470 e. The van der Waals surface area contributed by atoms with E-state index in [1.807, 2.05) is 48.0 Å². The van der Waals surface area contributed by atoms with Crippen molar-refractivity contribution in [3.8, 4) is 17.5 Å². The van der Waals surface area contributed by atoms with E-state index in [0.717, 1.165) is 17.1 Å². The molecule has 2 aromatic heterocycles. The van der Waals surface area contributed by atoms with Crippen molar-refractivity contribution in [2.45, 2.75) is 6.92 Å². The van der Waals surface area contributed by atoms with Crippen LogP contribution in [0.1, 0.15) is 17.1 Å². The van der Waals surface area contributed by atoms with E-state index in [1.54, 1.807) is 12.5 Å². The molecule has 0 aliphatic carbocycles. The minimum absolute atomic E-state index is 0.678. The number of hydrogen-bond acceptors (Lipinski definition) is 2. The molecule has 20 heavy (non-hydrogen) atoms. The molecule has 0 unspecified atom stereocenters. The predicted octanol–water partition coefficient (Wildman–Crippen LogP) is 3.83. The molecule has 0 bridgehead atoms. The van der Waals surface area contributed by atoms with Crippen LogP contribution >= 0.6 is 11.6 Å². The summed E-state index contributed by atoms with van der Waals surface area (Å²) in [4.78, 5) is 4.42. The zero-order chi connectivity index (χ0) is 13.9. The van der Waals surface area contributed by atoms with E-state index in [4.69, 9.17) is 16.0 Å². The molecule has 3 aromatic rings. The van der Waals surface area contributed by atoms with Crippen molar-refractivity contribution in [3.05, 3.63) is 71.2 Å². The number of furan rings is 1.